The number of carboxylic acid groups (broad SMARTS) is 1. The Morgan fingerprint density at radius 2 is 1.76 bits per heavy atom. The van der Waals surface area contributed by atoms with Crippen molar-refractivity contribution < 1.29 is 22.5 Å². The molecule has 21 heavy (non-hydrogen) atoms. The molecule has 1 N–H and O–H groups in total. The Labute approximate surface area is 130 Å². The number of aryl methyl sites for hydroxylation is 1. The molecule has 0 bridgehead atoms. The second-order valence-electron chi connectivity index (χ2n) is 4.33. The first-order valence-corrected chi connectivity index (χ1v) is 8.03. The van der Waals surface area contributed by atoms with Gasteiger partial charge in [-0.05, 0) is 37.3 Å². The van der Waals surface area contributed by atoms with Gasteiger partial charge >= 0.3 is 16.1 Å². The maximum atomic E-state index is 12.1. The van der Waals surface area contributed by atoms with Gasteiger partial charge in [-0.3, -0.25) is 0 Å². The molecule has 0 atom stereocenters. The van der Waals surface area contributed by atoms with Crippen LogP contribution < -0.4 is 4.18 Å². The van der Waals surface area contributed by atoms with E-state index in [1.807, 2.05) is 6.92 Å². The molecule has 0 aliphatic carbocycles. The smallest absolute Gasteiger partial charge is 0.339 e. The Kier molecular flexibility index (Phi) is 4.34. The van der Waals surface area contributed by atoms with Gasteiger partial charge in [-0.2, -0.15) is 8.42 Å². The van der Waals surface area contributed by atoms with Crippen molar-refractivity contribution in [3.05, 3.63) is 58.1 Å². The van der Waals surface area contributed by atoms with Crippen molar-refractivity contribution in [2.45, 2.75) is 11.8 Å². The summed E-state index contributed by atoms with van der Waals surface area (Å²) in [5.74, 6) is -1.24. The molecule has 0 aromatic heterocycles. The van der Waals surface area contributed by atoms with E-state index in [1.54, 1.807) is 12.1 Å². The Hall–Kier alpha value is -1.86. The van der Waals surface area contributed by atoms with Gasteiger partial charge in [-0.1, -0.05) is 33.6 Å². The summed E-state index contributed by atoms with van der Waals surface area (Å²) in [6.07, 6.45) is 0. The highest BCUT2D eigenvalue weighted by Crippen LogP contribution is 2.25. The fraction of sp³-hybridized carbons (Fsp3) is 0.0714. The molecule has 7 heteroatoms. The van der Waals surface area contributed by atoms with Crippen LogP contribution in [0.1, 0.15) is 15.9 Å². The lowest BCUT2D eigenvalue weighted by Crippen LogP contribution is -2.10. The van der Waals surface area contributed by atoms with Crippen molar-refractivity contribution in [1.82, 2.24) is 0 Å². The van der Waals surface area contributed by atoms with E-state index in [9.17, 15) is 13.2 Å². The monoisotopic (exact) mass is 370 g/mol. The summed E-state index contributed by atoms with van der Waals surface area (Å²) in [5, 5.41) is 8.95. The highest BCUT2D eigenvalue weighted by Gasteiger charge is 2.18. The number of carboxylic acids is 1. The van der Waals surface area contributed by atoms with Crippen LogP contribution in [-0.4, -0.2) is 19.5 Å². The minimum atomic E-state index is -4.00. The molecule has 110 valence electrons. The molecule has 0 unspecified atom stereocenters. The third-order valence-electron chi connectivity index (χ3n) is 2.63. The van der Waals surface area contributed by atoms with E-state index < -0.39 is 16.1 Å². The molecule has 2 aromatic rings. The molecular formula is C14H11BrO5S. The van der Waals surface area contributed by atoms with Gasteiger partial charge in [0.2, 0.25) is 0 Å². The van der Waals surface area contributed by atoms with Crippen molar-refractivity contribution >= 4 is 32.0 Å². The molecule has 0 spiro atoms. The average molecular weight is 371 g/mol. The van der Waals surface area contributed by atoms with Crippen LogP contribution in [0, 0.1) is 6.92 Å². The first kappa shape index (κ1) is 15.5. The van der Waals surface area contributed by atoms with E-state index in [4.69, 9.17) is 9.29 Å². The zero-order valence-corrected chi connectivity index (χ0v) is 13.3. The van der Waals surface area contributed by atoms with Crippen LogP contribution in [-0.2, 0) is 10.1 Å². The molecule has 0 saturated carbocycles. The first-order chi connectivity index (χ1) is 9.78. The van der Waals surface area contributed by atoms with E-state index >= 15 is 0 Å². The molecular weight excluding hydrogens is 360 g/mol. The number of carbonyl (C=O) groups is 1. The first-order valence-electron chi connectivity index (χ1n) is 5.83. The lowest BCUT2D eigenvalue weighted by molar-refractivity contribution is 0.0696. The predicted octanol–water partition coefficient (Wildman–Crippen LogP) is 3.22. The lowest BCUT2D eigenvalue weighted by Gasteiger charge is -2.08. The summed E-state index contributed by atoms with van der Waals surface area (Å²) in [5.41, 5.74) is 0.850. The lowest BCUT2D eigenvalue weighted by atomic mass is 10.2. The van der Waals surface area contributed by atoms with Crippen molar-refractivity contribution in [1.29, 1.82) is 0 Å². The average Bonchev–Trinajstić information content (AvgIpc) is 2.37. The maximum Gasteiger partial charge on any atom is 0.339 e. The molecule has 0 saturated heterocycles. The standard InChI is InChI=1S/C14H11BrO5S/c1-9-2-4-13(5-3-9)21(18,19)20-12-7-10(14(16)17)6-11(15)8-12/h2-8H,1H3,(H,16,17). The van der Waals surface area contributed by atoms with Crippen LogP contribution in [0.3, 0.4) is 0 Å². The number of benzene rings is 2. The summed E-state index contributed by atoms with van der Waals surface area (Å²) in [4.78, 5) is 11.0. The van der Waals surface area contributed by atoms with Crippen molar-refractivity contribution in [3.8, 4) is 5.75 Å². The van der Waals surface area contributed by atoms with E-state index in [0.29, 0.717) is 4.47 Å². The van der Waals surface area contributed by atoms with Gasteiger partial charge in [0.1, 0.15) is 10.6 Å². The quantitative estimate of drug-likeness (QED) is 0.835. The number of aromatic carboxylic acids is 1. The number of rotatable bonds is 4. The van der Waals surface area contributed by atoms with Gasteiger partial charge in [0.25, 0.3) is 0 Å². The molecule has 0 aliphatic rings. The van der Waals surface area contributed by atoms with E-state index in [1.165, 1.54) is 24.3 Å². The topological polar surface area (TPSA) is 80.7 Å². The van der Waals surface area contributed by atoms with E-state index in [-0.39, 0.29) is 16.2 Å². The minimum absolute atomic E-state index is 0.00458. The highest BCUT2D eigenvalue weighted by molar-refractivity contribution is 9.10. The summed E-state index contributed by atoms with van der Waals surface area (Å²) in [6.45, 7) is 1.84. The second-order valence-corrected chi connectivity index (χ2v) is 6.79. The molecule has 0 fully saturated rings. The molecule has 2 aromatic carbocycles. The third-order valence-corrected chi connectivity index (χ3v) is 4.35. The molecule has 0 aliphatic heterocycles. The van der Waals surface area contributed by atoms with Crippen molar-refractivity contribution in [2.24, 2.45) is 0 Å². The Balaban J connectivity index is 2.36. The normalized spacial score (nSPS) is 11.1. The maximum absolute atomic E-state index is 12.1. The fourth-order valence-corrected chi connectivity index (χ4v) is 3.00. The van der Waals surface area contributed by atoms with Crippen LogP contribution in [0.4, 0.5) is 0 Å². The van der Waals surface area contributed by atoms with Crippen LogP contribution in [0.5, 0.6) is 5.75 Å². The minimum Gasteiger partial charge on any atom is -0.478 e. The molecule has 0 heterocycles. The second kappa shape index (κ2) is 5.87. The van der Waals surface area contributed by atoms with Gasteiger partial charge < -0.3 is 9.29 Å². The van der Waals surface area contributed by atoms with Gasteiger partial charge in [-0.15, -0.1) is 0 Å². The van der Waals surface area contributed by atoms with Crippen molar-refractivity contribution in [3.63, 3.8) is 0 Å². The SMILES string of the molecule is Cc1ccc(S(=O)(=O)Oc2cc(Br)cc(C(=O)O)c2)cc1. The predicted molar refractivity (Wildman–Crippen MR) is 80.1 cm³/mol. The molecule has 5 nitrogen and oxygen atoms in total. The van der Waals surface area contributed by atoms with Gasteiger partial charge in [0, 0.05) is 4.47 Å². The van der Waals surface area contributed by atoms with Crippen molar-refractivity contribution in [2.75, 3.05) is 0 Å². The van der Waals surface area contributed by atoms with Crippen LogP contribution in [0.15, 0.2) is 51.8 Å². The fourth-order valence-electron chi connectivity index (χ4n) is 1.61. The van der Waals surface area contributed by atoms with E-state index in [2.05, 4.69) is 15.9 Å². The molecule has 2 rings (SSSR count). The molecule has 0 radical (unpaired) electrons. The number of hydrogen-bond donors (Lipinski definition) is 1. The number of halogens is 1. The zero-order valence-electron chi connectivity index (χ0n) is 10.9. The van der Waals surface area contributed by atoms with Crippen LogP contribution >= 0.6 is 15.9 Å². The summed E-state index contributed by atoms with van der Waals surface area (Å²) >= 11 is 3.12. The van der Waals surface area contributed by atoms with Gasteiger partial charge in [0.05, 0.1) is 5.56 Å². The van der Waals surface area contributed by atoms with Crippen LogP contribution in [0.2, 0.25) is 0 Å². The van der Waals surface area contributed by atoms with E-state index in [0.717, 1.165) is 11.6 Å². The highest BCUT2D eigenvalue weighted by atomic mass is 79.9. The number of hydrogen-bond acceptors (Lipinski definition) is 4. The third kappa shape index (κ3) is 3.83. The summed E-state index contributed by atoms with van der Waals surface area (Å²) in [6, 6.07) is 10.1. The van der Waals surface area contributed by atoms with Crippen LogP contribution in [0.25, 0.3) is 0 Å². The Morgan fingerprint density at radius 3 is 2.33 bits per heavy atom. The summed E-state index contributed by atoms with van der Waals surface area (Å²) < 4.78 is 29.6. The Morgan fingerprint density at radius 1 is 1.14 bits per heavy atom. The summed E-state index contributed by atoms with van der Waals surface area (Å²) in [7, 11) is -4.00. The Bertz CT molecular complexity index is 782. The largest absolute Gasteiger partial charge is 0.478 e. The zero-order chi connectivity index (χ0) is 15.6. The molecule has 0 amide bonds. The van der Waals surface area contributed by atoms with Gasteiger partial charge in [-0.25, -0.2) is 4.79 Å². The van der Waals surface area contributed by atoms with Gasteiger partial charge in [0.15, 0.2) is 0 Å².